The van der Waals surface area contributed by atoms with Crippen molar-refractivity contribution in [3.8, 4) is 0 Å². The molecular weight excluding hydrogens is 404 g/mol. The van der Waals surface area contributed by atoms with Gasteiger partial charge in [-0.1, -0.05) is 37.3 Å². The van der Waals surface area contributed by atoms with Crippen LogP contribution in [0.4, 0.5) is 0 Å². The Morgan fingerprint density at radius 1 is 1.17 bits per heavy atom. The lowest BCUT2D eigenvalue weighted by Gasteiger charge is -2.28. The lowest BCUT2D eigenvalue weighted by Crippen LogP contribution is -2.45. The van der Waals surface area contributed by atoms with Crippen molar-refractivity contribution in [1.82, 2.24) is 9.21 Å². The van der Waals surface area contributed by atoms with Crippen molar-refractivity contribution in [2.45, 2.75) is 44.6 Å². The number of carbonyl (C=O) groups is 1. The Morgan fingerprint density at radius 2 is 1.97 bits per heavy atom. The minimum atomic E-state index is -3.62. The van der Waals surface area contributed by atoms with E-state index >= 15 is 0 Å². The second kappa shape index (κ2) is 10.7. The fourth-order valence-electron chi connectivity index (χ4n) is 3.57. The Labute approximate surface area is 178 Å². The van der Waals surface area contributed by atoms with Crippen LogP contribution in [0.3, 0.4) is 0 Å². The minimum absolute atomic E-state index is 0.0236. The number of nitrogens with zero attached hydrogens (tertiary/aromatic N) is 2. The van der Waals surface area contributed by atoms with E-state index in [9.17, 15) is 13.2 Å². The Morgan fingerprint density at radius 3 is 2.60 bits per heavy atom. The molecule has 1 atom stereocenters. The van der Waals surface area contributed by atoms with Gasteiger partial charge >= 0.3 is 0 Å². The molecular formula is C22H30N2O5S. The van der Waals surface area contributed by atoms with Crippen LogP contribution in [0.25, 0.3) is 0 Å². The van der Waals surface area contributed by atoms with Crippen LogP contribution >= 0.6 is 0 Å². The summed E-state index contributed by atoms with van der Waals surface area (Å²) < 4.78 is 38.4. The third kappa shape index (κ3) is 6.42. The summed E-state index contributed by atoms with van der Waals surface area (Å²) in [6, 6.07) is 12.6. The van der Waals surface area contributed by atoms with Gasteiger partial charge < -0.3 is 14.1 Å². The van der Waals surface area contributed by atoms with Gasteiger partial charge in [-0.25, -0.2) is 8.42 Å². The molecule has 1 amide bonds. The minimum Gasteiger partial charge on any atom is -0.467 e. The molecule has 0 N–H and O–H groups in total. The van der Waals surface area contributed by atoms with Crippen molar-refractivity contribution in [3.63, 3.8) is 0 Å². The molecule has 1 aromatic heterocycles. The zero-order chi connectivity index (χ0) is 21.4. The van der Waals surface area contributed by atoms with E-state index in [1.54, 1.807) is 29.4 Å². The van der Waals surface area contributed by atoms with Crippen LogP contribution in [0, 0.1) is 0 Å². The summed E-state index contributed by atoms with van der Waals surface area (Å²) >= 11 is 0. The van der Waals surface area contributed by atoms with Crippen molar-refractivity contribution in [2.24, 2.45) is 0 Å². The van der Waals surface area contributed by atoms with E-state index in [4.69, 9.17) is 9.15 Å². The van der Waals surface area contributed by atoms with E-state index in [1.165, 1.54) is 4.31 Å². The van der Waals surface area contributed by atoms with E-state index in [-0.39, 0.29) is 24.3 Å². The van der Waals surface area contributed by atoms with Gasteiger partial charge in [0.1, 0.15) is 5.76 Å². The molecule has 2 aromatic rings. The molecule has 1 aliphatic rings. The van der Waals surface area contributed by atoms with E-state index in [0.717, 1.165) is 12.8 Å². The largest absolute Gasteiger partial charge is 0.467 e. The second-order valence-corrected chi connectivity index (χ2v) is 9.53. The number of furan rings is 1. The topological polar surface area (TPSA) is 80.1 Å². The zero-order valence-electron chi connectivity index (χ0n) is 17.4. The number of hydrogen-bond donors (Lipinski definition) is 0. The number of hydrogen-bond acceptors (Lipinski definition) is 5. The van der Waals surface area contributed by atoms with Crippen LogP contribution in [0.15, 0.2) is 53.1 Å². The number of rotatable bonds is 11. The van der Waals surface area contributed by atoms with Gasteiger partial charge in [-0.2, -0.15) is 4.31 Å². The summed E-state index contributed by atoms with van der Waals surface area (Å²) in [5.41, 5.74) is 0.706. The molecule has 1 unspecified atom stereocenters. The maximum atomic E-state index is 13.2. The van der Waals surface area contributed by atoms with Crippen LogP contribution in [-0.4, -0.2) is 55.9 Å². The van der Waals surface area contributed by atoms with Gasteiger partial charge in [0.25, 0.3) is 0 Å². The summed E-state index contributed by atoms with van der Waals surface area (Å²) in [4.78, 5) is 14.8. The average molecular weight is 435 g/mol. The van der Waals surface area contributed by atoms with E-state index in [2.05, 4.69) is 0 Å². The van der Waals surface area contributed by atoms with Crippen molar-refractivity contribution in [1.29, 1.82) is 0 Å². The van der Waals surface area contributed by atoms with E-state index in [0.29, 0.717) is 44.0 Å². The van der Waals surface area contributed by atoms with Gasteiger partial charge in [0.05, 0.1) is 31.2 Å². The molecule has 0 saturated carbocycles. The molecule has 1 fully saturated rings. The maximum absolute atomic E-state index is 13.2. The third-order valence-corrected chi connectivity index (χ3v) is 6.89. The summed E-state index contributed by atoms with van der Waals surface area (Å²) in [5.74, 6) is 0.299. The summed E-state index contributed by atoms with van der Waals surface area (Å²) in [7, 11) is -3.62. The normalized spacial score (nSPS) is 16.8. The predicted octanol–water partition coefficient (Wildman–Crippen LogP) is 3.03. The lowest BCUT2D eigenvalue weighted by molar-refractivity contribution is -0.134. The van der Waals surface area contributed by atoms with Crippen LogP contribution in [0.2, 0.25) is 0 Å². The van der Waals surface area contributed by atoms with Crippen LogP contribution in [-0.2, 0) is 31.9 Å². The first-order valence-electron chi connectivity index (χ1n) is 10.4. The fourth-order valence-corrected chi connectivity index (χ4v) is 5.14. The summed E-state index contributed by atoms with van der Waals surface area (Å²) in [6.45, 7) is 3.44. The summed E-state index contributed by atoms with van der Waals surface area (Å²) in [6.07, 6.45) is 4.04. The first-order chi connectivity index (χ1) is 14.5. The SMILES string of the molecule is CCCN(CC(=O)N(Cc1ccco1)CC1CCCO1)S(=O)(=O)Cc1ccccc1. The molecule has 30 heavy (non-hydrogen) atoms. The molecule has 3 rings (SSSR count). The Balaban J connectivity index is 1.72. The number of sulfonamides is 1. The highest BCUT2D eigenvalue weighted by Crippen LogP contribution is 2.17. The maximum Gasteiger partial charge on any atom is 0.238 e. The van der Waals surface area contributed by atoms with E-state index < -0.39 is 10.0 Å². The zero-order valence-corrected chi connectivity index (χ0v) is 18.2. The van der Waals surface area contributed by atoms with Crippen LogP contribution < -0.4 is 0 Å². The molecule has 1 aliphatic heterocycles. The van der Waals surface area contributed by atoms with Gasteiger partial charge in [-0.05, 0) is 37.0 Å². The van der Waals surface area contributed by atoms with Crippen LogP contribution in [0.1, 0.15) is 37.5 Å². The summed E-state index contributed by atoms with van der Waals surface area (Å²) in [5, 5.41) is 0. The highest BCUT2D eigenvalue weighted by molar-refractivity contribution is 7.88. The highest BCUT2D eigenvalue weighted by Gasteiger charge is 2.29. The molecule has 7 nitrogen and oxygen atoms in total. The quantitative estimate of drug-likeness (QED) is 0.543. The fraction of sp³-hybridized carbons (Fsp3) is 0.500. The monoisotopic (exact) mass is 434 g/mol. The van der Waals surface area contributed by atoms with E-state index in [1.807, 2.05) is 31.2 Å². The number of amides is 1. The molecule has 0 spiro atoms. The Hall–Kier alpha value is -2.16. The number of ether oxygens (including phenoxy) is 1. The van der Waals surface area contributed by atoms with Gasteiger partial charge in [0.15, 0.2) is 0 Å². The van der Waals surface area contributed by atoms with Gasteiger partial charge in [-0.3, -0.25) is 4.79 Å². The predicted molar refractivity (Wildman–Crippen MR) is 114 cm³/mol. The van der Waals surface area contributed by atoms with Crippen molar-refractivity contribution < 1.29 is 22.4 Å². The van der Waals surface area contributed by atoms with Gasteiger partial charge in [-0.15, -0.1) is 0 Å². The number of benzene rings is 1. The molecule has 0 aliphatic carbocycles. The Kier molecular flexibility index (Phi) is 8.07. The van der Waals surface area contributed by atoms with Crippen molar-refractivity contribution >= 4 is 15.9 Å². The molecule has 164 valence electrons. The van der Waals surface area contributed by atoms with Crippen LogP contribution in [0.5, 0.6) is 0 Å². The molecule has 0 radical (unpaired) electrons. The second-order valence-electron chi connectivity index (χ2n) is 7.56. The highest BCUT2D eigenvalue weighted by atomic mass is 32.2. The molecule has 2 heterocycles. The Bertz CT molecular complexity index is 878. The molecule has 8 heteroatoms. The smallest absolute Gasteiger partial charge is 0.238 e. The molecule has 0 bridgehead atoms. The standard InChI is InChI=1S/C22H30N2O5S/c1-2-12-24(30(26,27)18-19-8-4-3-5-9-19)17-22(25)23(15-20-10-6-13-28-20)16-21-11-7-14-29-21/h3-6,8-10,13,21H,2,7,11-12,14-18H2,1H3. The lowest BCUT2D eigenvalue weighted by atomic mass is 10.2. The van der Waals surface area contributed by atoms with Crippen molar-refractivity contribution in [2.75, 3.05) is 26.2 Å². The first kappa shape index (κ1) is 22.5. The average Bonchev–Trinajstić information content (AvgIpc) is 3.42. The van der Waals surface area contributed by atoms with Gasteiger partial charge in [0, 0.05) is 19.7 Å². The molecule has 1 aromatic carbocycles. The molecule has 1 saturated heterocycles. The third-order valence-electron chi connectivity index (χ3n) is 5.10. The van der Waals surface area contributed by atoms with Crippen molar-refractivity contribution in [3.05, 3.63) is 60.1 Å². The first-order valence-corrected chi connectivity index (χ1v) is 12.0. The van der Waals surface area contributed by atoms with Gasteiger partial charge in [0.2, 0.25) is 15.9 Å². The number of carbonyl (C=O) groups excluding carboxylic acids is 1.